The van der Waals surface area contributed by atoms with Gasteiger partial charge in [0.2, 0.25) is 0 Å². The van der Waals surface area contributed by atoms with Crippen molar-refractivity contribution >= 4 is 37.3 Å². The number of nitrogen functional groups attached to an aromatic ring is 1. The highest BCUT2D eigenvalue weighted by Crippen LogP contribution is 2.29. The van der Waals surface area contributed by atoms with Gasteiger partial charge in [0.05, 0.1) is 17.6 Å². The third-order valence-electron chi connectivity index (χ3n) is 2.80. The lowest BCUT2D eigenvalue weighted by Crippen LogP contribution is -2.15. The third-order valence-corrected chi connectivity index (χ3v) is 4.51. The molecule has 108 valence electrons. The van der Waals surface area contributed by atoms with Crippen LogP contribution in [-0.2, 0) is 16.4 Å². The van der Waals surface area contributed by atoms with E-state index in [0.717, 1.165) is 10.0 Å². The Bertz CT molecular complexity index is 717. The van der Waals surface area contributed by atoms with Crippen LogP contribution in [-0.4, -0.2) is 18.4 Å². The maximum atomic E-state index is 12.3. The lowest BCUT2D eigenvalue weighted by Gasteiger charge is -2.12. The van der Waals surface area contributed by atoms with Crippen molar-refractivity contribution < 1.29 is 8.42 Å². The fourth-order valence-electron chi connectivity index (χ4n) is 1.76. The van der Waals surface area contributed by atoms with Gasteiger partial charge in [-0.1, -0.05) is 22.9 Å². The van der Waals surface area contributed by atoms with Gasteiger partial charge >= 0.3 is 0 Å². The third kappa shape index (κ3) is 2.96. The van der Waals surface area contributed by atoms with Crippen LogP contribution in [0.3, 0.4) is 0 Å². The molecule has 0 aliphatic rings. The number of anilines is 2. The summed E-state index contributed by atoms with van der Waals surface area (Å²) in [5.74, 6) is 0.617. The van der Waals surface area contributed by atoms with E-state index in [1.165, 1.54) is 6.20 Å². The fraction of sp³-hybridized carbons (Fsp3) is 0.250. The molecule has 0 radical (unpaired) electrons. The molecule has 1 aromatic carbocycles. The topological polar surface area (TPSA) is 101 Å². The Morgan fingerprint density at radius 2 is 2.15 bits per heavy atom. The van der Waals surface area contributed by atoms with E-state index in [-0.39, 0.29) is 5.03 Å². The summed E-state index contributed by atoms with van der Waals surface area (Å²) in [4.78, 5) is 6.75. The molecular weight excluding hydrogens is 344 g/mol. The number of aromatic nitrogens is 2. The number of hydrogen-bond donors (Lipinski definition) is 3. The molecule has 0 saturated carbocycles. The average molecular weight is 359 g/mol. The van der Waals surface area contributed by atoms with Crippen LogP contribution >= 0.6 is 15.9 Å². The van der Waals surface area contributed by atoms with Crippen LogP contribution in [0, 0.1) is 6.92 Å². The number of H-pyrrole nitrogens is 1. The maximum absolute atomic E-state index is 12.3. The van der Waals surface area contributed by atoms with Crippen molar-refractivity contribution in [2.75, 3.05) is 10.5 Å². The van der Waals surface area contributed by atoms with Gasteiger partial charge < -0.3 is 10.7 Å². The molecule has 0 fully saturated rings. The van der Waals surface area contributed by atoms with Crippen molar-refractivity contribution in [1.82, 2.24) is 9.97 Å². The first kappa shape index (κ1) is 14.9. The monoisotopic (exact) mass is 358 g/mol. The Balaban J connectivity index is 2.38. The van der Waals surface area contributed by atoms with E-state index in [4.69, 9.17) is 5.73 Å². The summed E-state index contributed by atoms with van der Waals surface area (Å²) >= 11 is 3.31. The second-order valence-electron chi connectivity index (χ2n) is 4.34. The van der Waals surface area contributed by atoms with Crippen LogP contribution < -0.4 is 10.5 Å². The highest BCUT2D eigenvalue weighted by Gasteiger charge is 2.19. The van der Waals surface area contributed by atoms with Gasteiger partial charge in [-0.2, -0.15) is 8.42 Å². The van der Waals surface area contributed by atoms with Gasteiger partial charge in [-0.05, 0) is 24.6 Å². The summed E-state index contributed by atoms with van der Waals surface area (Å²) in [7, 11) is -3.72. The number of hydrogen-bond acceptors (Lipinski definition) is 4. The lowest BCUT2D eigenvalue weighted by atomic mass is 10.2. The van der Waals surface area contributed by atoms with Crippen molar-refractivity contribution in [3.63, 3.8) is 0 Å². The number of nitrogens with zero attached hydrogens (tertiary/aromatic N) is 1. The number of aromatic amines is 1. The first-order valence-electron chi connectivity index (χ1n) is 5.96. The molecule has 2 rings (SSSR count). The number of rotatable bonds is 4. The van der Waals surface area contributed by atoms with E-state index in [2.05, 4.69) is 30.6 Å². The van der Waals surface area contributed by atoms with E-state index in [1.54, 1.807) is 19.1 Å². The largest absolute Gasteiger partial charge is 0.397 e. The standard InChI is InChI=1S/C12H15BrN4O2S/c1-3-10-15-6-11(16-10)20(18,19)17-12-7(2)4-8(13)5-9(12)14/h4-6,17H,3,14H2,1-2H3,(H,15,16). The van der Waals surface area contributed by atoms with Crippen LogP contribution in [0.25, 0.3) is 0 Å². The van der Waals surface area contributed by atoms with Gasteiger partial charge in [-0.3, -0.25) is 4.72 Å². The maximum Gasteiger partial charge on any atom is 0.279 e. The minimum absolute atomic E-state index is 0.0241. The van der Waals surface area contributed by atoms with E-state index in [9.17, 15) is 8.42 Å². The second-order valence-corrected chi connectivity index (χ2v) is 6.91. The normalized spacial score (nSPS) is 11.6. The minimum Gasteiger partial charge on any atom is -0.397 e. The molecule has 0 bridgehead atoms. The minimum atomic E-state index is -3.72. The second kappa shape index (κ2) is 5.45. The summed E-state index contributed by atoms with van der Waals surface area (Å²) in [6.45, 7) is 3.67. The van der Waals surface area contributed by atoms with Gasteiger partial charge in [-0.25, -0.2) is 4.98 Å². The number of imidazole rings is 1. The summed E-state index contributed by atoms with van der Waals surface area (Å²) < 4.78 is 27.8. The van der Waals surface area contributed by atoms with Gasteiger partial charge in [0.25, 0.3) is 10.0 Å². The van der Waals surface area contributed by atoms with Crippen LogP contribution in [0.1, 0.15) is 18.3 Å². The zero-order valence-corrected chi connectivity index (χ0v) is 13.5. The predicted molar refractivity (Wildman–Crippen MR) is 82.1 cm³/mol. The van der Waals surface area contributed by atoms with Crippen molar-refractivity contribution in [2.45, 2.75) is 25.3 Å². The van der Waals surface area contributed by atoms with Crippen LogP contribution in [0.5, 0.6) is 0 Å². The molecule has 20 heavy (non-hydrogen) atoms. The van der Waals surface area contributed by atoms with Gasteiger partial charge in [0.15, 0.2) is 5.03 Å². The molecule has 0 spiro atoms. The number of nitrogens with one attached hydrogen (secondary N) is 2. The molecule has 1 heterocycles. The quantitative estimate of drug-likeness (QED) is 0.730. The number of sulfonamides is 1. The zero-order valence-electron chi connectivity index (χ0n) is 11.1. The Morgan fingerprint density at radius 1 is 1.45 bits per heavy atom. The van der Waals surface area contributed by atoms with Gasteiger partial charge in [0, 0.05) is 10.9 Å². The number of aryl methyl sites for hydroxylation is 2. The van der Waals surface area contributed by atoms with Crippen molar-refractivity contribution in [3.05, 3.63) is 34.2 Å². The van der Waals surface area contributed by atoms with Crippen LogP contribution in [0.4, 0.5) is 11.4 Å². The molecule has 6 nitrogen and oxygen atoms in total. The smallest absolute Gasteiger partial charge is 0.279 e. The van der Waals surface area contributed by atoms with Crippen LogP contribution in [0.2, 0.25) is 0 Å². The average Bonchev–Trinajstić information content (AvgIpc) is 2.83. The highest BCUT2D eigenvalue weighted by molar-refractivity contribution is 9.10. The summed E-state index contributed by atoms with van der Waals surface area (Å²) in [6.07, 6.45) is 1.93. The zero-order chi connectivity index (χ0) is 14.9. The first-order valence-corrected chi connectivity index (χ1v) is 8.23. The lowest BCUT2D eigenvalue weighted by molar-refractivity contribution is 0.598. The summed E-state index contributed by atoms with van der Waals surface area (Å²) in [5.41, 5.74) is 7.32. The Hall–Kier alpha value is -1.54. The number of halogens is 1. The van der Waals surface area contributed by atoms with E-state index in [0.29, 0.717) is 23.6 Å². The van der Waals surface area contributed by atoms with E-state index < -0.39 is 10.0 Å². The number of nitrogens with two attached hydrogens (primary N) is 1. The first-order chi connectivity index (χ1) is 9.33. The molecule has 0 unspecified atom stereocenters. The molecule has 4 N–H and O–H groups in total. The van der Waals surface area contributed by atoms with Crippen molar-refractivity contribution in [2.24, 2.45) is 0 Å². The molecule has 0 aliphatic carbocycles. The van der Waals surface area contributed by atoms with E-state index in [1.807, 2.05) is 6.92 Å². The molecule has 2 aromatic rings. The molecule has 0 atom stereocenters. The van der Waals surface area contributed by atoms with Gasteiger partial charge in [0.1, 0.15) is 5.82 Å². The summed E-state index contributed by atoms with van der Waals surface area (Å²) in [5, 5.41) is 0.0241. The van der Waals surface area contributed by atoms with Crippen LogP contribution in [0.15, 0.2) is 27.8 Å². The van der Waals surface area contributed by atoms with E-state index >= 15 is 0 Å². The molecule has 0 aliphatic heterocycles. The Kier molecular flexibility index (Phi) is 4.05. The SMILES string of the molecule is CCc1ncc(S(=O)(=O)Nc2c(C)cc(Br)cc2N)[nH]1. The van der Waals surface area contributed by atoms with Crippen molar-refractivity contribution in [1.29, 1.82) is 0 Å². The predicted octanol–water partition coefficient (Wildman–Crippen LogP) is 2.43. The number of benzene rings is 1. The molecule has 1 aromatic heterocycles. The fourth-order valence-corrected chi connectivity index (χ4v) is 3.45. The Labute approximate surface area is 126 Å². The molecule has 0 saturated heterocycles. The molecule has 8 heteroatoms. The summed E-state index contributed by atoms with van der Waals surface area (Å²) in [6, 6.07) is 3.44. The molecular formula is C12H15BrN4O2S. The van der Waals surface area contributed by atoms with Gasteiger partial charge in [-0.15, -0.1) is 0 Å². The highest BCUT2D eigenvalue weighted by atomic mass is 79.9. The molecule has 0 amide bonds. The Morgan fingerprint density at radius 3 is 2.70 bits per heavy atom. The van der Waals surface area contributed by atoms with Crippen molar-refractivity contribution in [3.8, 4) is 0 Å².